The Morgan fingerprint density at radius 3 is 1.84 bits per heavy atom. The molecule has 1 heterocycles. The van der Waals surface area contributed by atoms with Crippen LogP contribution in [0.25, 0.3) is 0 Å². The van der Waals surface area contributed by atoms with E-state index in [4.69, 9.17) is 4.74 Å². The Hall–Kier alpha value is -3.95. The third-order valence-corrected chi connectivity index (χ3v) is 9.29. The lowest BCUT2D eigenvalue weighted by Gasteiger charge is -2.27. The van der Waals surface area contributed by atoms with Crippen molar-refractivity contribution in [2.75, 3.05) is 32.8 Å². The number of hydrogen-bond donors (Lipinski definition) is 2. The van der Waals surface area contributed by atoms with E-state index in [1.807, 2.05) is 88.4 Å². The zero-order valence-electron chi connectivity index (χ0n) is 31.3. The summed E-state index contributed by atoms with van der Waals surface area (Å²) in [4.78, 5) is 70.4. The lowest BCUT2D eigenvalue weighted by Crippen LogP contribution is -2.48. The maximum Gasteiger partial charge on any atom is 0.224 e. The highest BCUT2D eigenvalue weighted by atomic mass is 16.5. The summed E-state index contributed by atoms with van der Waals surface area (Å²) in [6.07, 6.45) is 2.18. The number of hydrogen-bond acceptors (Lipinski definition) is 7. The van der Waals surface area contributed by atoms with Gasteiger partial charge in [0.1, 0.15) is 5.78 Å². The first-order valence-corrected chi connectivity index (χ1v) is 18.5. The minimum Gasteiger partial charge on any atom is -0.379 e. The van der Waals surface area contributed by atoms with Crippen LogP contribution in [-0.4, -0.2) is 79.0 Å². The molecule has 1 saturated heterocycles. The molecule has 0 radical (unpaired) electrons. The summed E-state index contributed by atoms with van der Waals surface area (Å²) < 4.78 is 5.42. The standard InChI is InChI=1S/C42H59N3O6/c1-29(2)23-37(43-41(49)34(18-17-32-13-9-7-10-14-32)26-36(46)28-45-19-21-51-22-20-45)39(47)27-35(25-33-15-11-8-12-16-33)42(50)44-38(24-30(3)4)40(48)31(5)6/h7-16,29-30,34-35,37-38H,5,17-28H2,1-4,6H3,(H,43,49)(H,44,50)/t34-,35-,37+,38+/m1/s1. The molecule has 1 aliphatic heterocycles. The largest absolute Gasteiger partial charge is 0.379 e. The van der Waals surface area contributed by atoms with Gasteiger partial charge in [0, 0.05) is 37.8 Å². The lowest BCUT2D eigenvalue weighted by atomic mass is 9.87. The molecular formula is C42H59N3O6. The maximum absolute atomic E-state index is 14.2. The molecule has 0 saturated carbocycles. The van der Waals surface area contributed by atoms with Crippen LogP contribution in [-0.2, 0) is 41.6 Å². The number of nitrogens with one attached hydrogen (secondary N) is 2. The molecule has 0 spiro atoms. The molecule has 278 valence electrons. The van der Waals surface area contributed by atoms with Crippen molar-refractivity contribution >= 4 is 29.2 Å². The van der Waals surface area contributed by atoms with Gasteiger partial charge in [-0.2, -0.15) is 0 Å². The topological polar surface area (TPSA) is 122 Å². The van der Waals surface area contributed by atoms with E-state index >= 15 is 0 Å². The third-order valence-electron chi connectivity index (χ3n) is 9.29. The molecule has 2 amide bonds. The Kier molecular flexibility index (Phi) is 17.4. The molecule has 0 unspecified atom stereocenters. The summed E-state index contributed by atoms with van der Waals surface area (Å²) in [5.41, 5.74) is 2.32. The van der Waals surface area contributed by atoms with Gasteiger partial charge in [-0.15, -0.1) is 0 Å². The minimum atomic E-state index is -0.833. The second-order valence-electron chi connectivity index (χ2n) is 14.9. The number of Topliss-reactive ketones (excluding diaryl/α,β-unsaturated/α-hetero) is 3. The minimum absolute atomic E-state index is 0.0169. The number of ether oxygens (including phenoxy) is 1. The number of rotatable bonds is 22. The van der Waals surface area contributed by atoms with Crippen LogP contribution in [0.3, 0.4) is 0 Å². The van der Waals surface area contributed by atoms with Gasteiger partial charge in [0.2, 0.25) is 11.8 Å². The fourth-order valence-electron chi connectivity index (χ4n) is 6.52. The summed E-state index contributed by atoms with van der Waals surface area (Å²) >= 11 is 0. The van der Waals surface area contributed by atoms with Crippen molar-refractivity contribution in [2.45, 2.75) is 91.6 Å². The van der Waals surface area contributed by atoms with Crippen LogP contribution < -0.4 is 10.6 Å². The second kappa shape index (κ2) is 21.4. The molecule has 0 aliphatic carbocycles. The van der Waals surface area contributed by atoms with E-state index in [0.717, 1.165) is 11.1 Å². The normalized spacial score (nSPS) is 15.8. The molecule has 3 rings (SSSR count). The highest BCUT2D eigenvalue weighted by Crippen LogP contribution is 2.21. The molecular weight excluding hydrogens is 642 g/mol. The van der Waals surface area contributed by atoms with Crippen LogP contribution in [0.1, 0.15) is 77.8 Å². The van der Waals surface area contributed by atoms with Crippen LogP contribution in [0, 0.1) is 23.7 Å². The van der Waals surface area contributed by atoms with Crippen LogP contribution >= 0.6 is 0 Å². The van der Waals surface area contributed by atoms with Crippen molar-refractivity contribution in [3.05, 3.63) is 83.9 Å². The molecule has 9 heteroatoms. The Morgan fingerprint density at radius 1 is 0.745 bits per heavy atom. The van der Waals surface area contributed by atoms with Gasteiger partial charge in [0.15, 0.2) is 11.6 Å². The van der Waals surface area contributed by atoms with Gasteiger partial charge < -0.3 is 15.4 Å². The summed E-state index contributed by atoms with van der Waals surface area (Å²) in [5, 5.41) is 5.97. The van der Waals surface area contributed by atoms with E-state index < -0.39 is 23.9 Å². The predicted molar refractivity (Wildman–Crippen MR) is 201 cm³/mol. The van der Waals surface area contributed by atoms with Crippen molar-refractivity contribution < 1.29 is 28.7 Å². The average molecular weight is 702 g/mol. The molecule has 0 aromatic heterocycles. The summed E-state index contributed by atoms with van der Waals surface area (Å²) in [7, 11) is 0. The number of morpholine rings is 1. The van der Waals surface area contributed by atoms with E-state index in [1.165, 1.54) is 0 Å². The Morgan fingerprint density at radius 2 is 1.27 bits per heavy atom. The highest BCUT2D eigenvalue weighted by molar-refractivity contribution is 6.01. The van der Waals surface area contributed by atoms with Crippen molar-refractivity contribution in [1.82, 2.24) is 15.5 Å². The van der Waals surface area contributed by atoms with Gasteiger partial charge in [0.25, 0.3) is 0 Å². The van der Waals surface area contributed by atoms with Crippen molar-refractivity contribution in [2.24, 2.45) is 23.7 Å². The quantitative estimate of drug-likeness (QED) is 0.155. The van der Waals surface area contributed by atoms with Gasteiger partial charge >= 0.3 is 0 Å². The van der Waals surface area contributed by atoms with E-state index in [1.54, 1.807) is 6.92 Å². The van der Waals surface area contributed by atoms with E-state index in [-0.39, 0.29) is 60.4 Å². The second-order valence-corrected chi connectivity index (χ2v) is 14.9. The third kappa shape index (κ3) is 15.1. The first-order chi connectivity index (χ1) is 24.3. The van der Waals surface area contributed by atoms with Gasteiger partial charge in [0.05, 0.1) is 31.8 Å². The predicted octanol–water partition coefficient (Wildman–Crippen LogP) is 5.55. The summed E-state index contributed by atoms with van der Waals surface area (Å²) in [6.45, 7) is 16.1. The first kappa shape index (κ1) is 41.5. The smallest absolute Gasteiger partial charge is 0.224 e. The van der Waals surface area contributed by atoms with E-state index in [2.05, 4.69) is 22.1 Å². The molecule has 2 aromatic carbocycles. The number of amides is 2. The van der Waals surface area contributed by atoms with Gasteiger partial charge in [-0.1, -0.05) is 94.9 Å². The molecule has 2 aromatic rings. The number of nitrogens with zero attached hydrogens (tertiary/aromatic N) is 1. The SMILES string of the molecule is C=C(C)C(=O)[C@H](CC(C)C)NC(=O)[C@@H](CC(=O)[C@H](CC(C)C)NC(=O)[C@H](CCc1ccccc1)CC(=O)CN1CCOCC1)Cc1ccccc1. The zero-order valence-corrected chi connectivity index (χ0v) is 31.3. The number of ketones is 3. The number of carbonyl (C=O) groups excluding carboxylic acids is 5. The van der Waals surface area contributed by atoms with Crippen LogP contribution in [0.5, 0.6) is 0 Å². The molecule has 1 fully saturated rings. The van der Waals surface area contributed by atoms with Crippen molar-refractivity contribution in [3.63, 3.8) is 0 Å². The first-order valence-electron chi connectivity index (χ1n) is 18.5. The molecule has 9 nitrogen and oxygen atoms in total. The summed E-state index contributed by atoms with van der Waals surface area (Å²) in [5.74, 6) is -2.35. The lowest BCUT2D eigenvalue weighted by molar-refractivity contribution is -0.135. The highest BCUT2D eigenvalue weighted by Gasteiger charge is 2.33. The molecule has 4 atom stereocenters. The molecule has 1 aliphatic rings. The van der Waals surface area contributed by atoms with Gasteiger partial charge in [-0.05, 0) is 67.6 Å². The fourth-order valence-corrected chi connectivity index (χ4v) is 6.52. The van der Waals surface area contributed by atoms with Crippen LogP contribution in [0.2, 0.25) is 0 Å². The monoisotopic (exact) mass is 701 g/mol. The molecule has 2 N–H and O–H groups in total. The number of aryl methyl sites for hydroxylation is 1. The Bertz CT molecular complexity index is 1430. The Balaban J connectivity index is 1.82. The van der Waals surface area contributed by atoms with Crippen molar-refractivity contribution in [1.29, 1.82) is 0 Å². The molecule has 0 bridgehead atoms. The average Bonchev–Trinajstić information content (AvgIpc) is 3.09. The van der Waals surface area contributed by atoms with E-state index in [0.29, 0.717) is 64.0 Å². The van der Waals surface area contributed by atoms with Gasteiger partial charge in [-0.25, -0.2) is 0 Å². The van der Waals surface area contributed by atoms with Crippen molar-refractivity contribution in [3.8, 4) is 0 Å². The van der Waals surface area contributed by atoms with Crippen LogP contribution in [0.4, 0.5) is 0 Å². The maximum atomic E-state index is 14.2. The summed E-state index contributed by atoms with van der Waals surface area (Å²) in [6, 6.07) is 17.8. The molecule has 51 heavy (non-hydrogen) atoms. The van der Waals surface area contributed by atoms with E-state index in [9.17, 15) is 24.0 Å². The number of carbonyl (C=O) groups is 5. The Labute approximate surface area is 305 Å². The number of benzene rings is 2. The van der Waals surface area contributed by atoms with Gasteiger partial charge in [-0.3, -0.25) is 28.9 Å². The van der Waals surface area contributed by atoms with Crippen LogP contribution in [0.15, 0.2) is 72.8 Å². The zero-order chi connectivity index (χ0) is 37.3. The fraction of sp³-hybridized carbons (Fsp3) is 0.548.